The quantitative estimate of drug-likeness (QED) is 0.889. The molecule has 1 amide bonds. The highest BCUT2D eigenvalue weighted by atomic mass is 16.1. The molecule has 0 atom stereocenters. The monoisotopic (exact) mass is 309 g/mol. The minimum atomic E-state index is 0.105. The summed E-state index contributed by atoms with van der Waals surface area (Å²) >= 11 is 0. The third kappa shape index (κ3) is 4.63. The zero-order chi connectivity index (χ0) is 15.9. The SMILES string of the molecule is O=C(CCc1ccccn1)NCCN1CCc2ccccc2C1. The molecule has 0 spiro atoms. The van der Waals surface area contributed by atoms with Crippen LogP contribution in [0.3, 0.4) is 0 Å². The Morgan fingerprint density at radius 1 is 1.13 bits per heavy atom. The first-order chi connectivity index (χ1) is 11.3. The number of carbonyl (C=O) groups excluding carboxylic acids is 1. The molecule has 0 saturated carbocycles. The normalized spacial score (nSPS) is 14.3. The van der Waals surface area contributed by atoms with Gasteiger partial charge in [-0.25, -0.2) is 0 Å². The molecule has 1 aliphatic heterocycles. The van der Waals surface area contributed by atoms with Gasteiger partial charge in [0.2, 0.25) is 5.91 Å². The lowest BCUT2D eigenvalue weighted by Gasteiger charge is -2.28. The largest absolute Gasteiger partial charge is 0.355 e. The number of carbonyl (C=O) groups is 1. The lowest BCUT2D eigenvalue weighted by molar-refractivity contribution is -0.121. The zero-order valence-corrected chi connectivity index (χ0v) is 13.4. The Hall–Kier alpha value is -2.20. The second-order valence-corrected chi connectivity index (χ2v) is 5.97. The van der Waals surface area contributed by atoms with Crippen molar-refractivity contribution in [1.29, 1.82) is 0 Å². The molecule has 1 N–H and O–H groups in total. The fourth-order valence-corrected chi connectivity index (χ4v) is 2.97. The molecule has 3 rings (SSSR count). The van der Waals surface area contributed by atoms with Crippen molar-refractivity contribution in [2.75, 3.05) is 19.6 Å². The van der Waals surface area contributed by atoms with Crippen molar-refractivity contribution in [2.24, 2.45) is 0 Å². The Balaban J connectivity index is 1.36. The Bertz CT molecular complexity index is 642. The van der Waals surface area contributed by atoms with E-state index in [9.17, 15) is 4.79 Å². The molecule has 0 radical (unpaired) electrons. The van der Waals surface area contributed by atoms with Crippen LogP contribution in [-0.2, 0) is 24.2 Å². The maximum atomic E-state index is 11.9. The summed E-state index contributed by atoms with van der Waals surface area (Å²) in [5, 5.41) is 3.02. The molecule has 4 nitrogen and oxygen atoms in total. The molecular weight excluding hydrogens is 286 g/mol. The first-order valence-corrected chi connectivity index (χ1v) is 8.27. The number of aromatic nitrogens is 1. The number of fused-ring (bicyclic) bond motifs is 1. The molecule has 23 heavy (non-hydrogen) atoms. The number of benzene rings is 1. The van der Waals surface area contributed by atoms with Crippen LogP contribution in [-0.4, -0.2) is 35.4 Å². The van der Waals surface area contributed by atoms with Crippen molar-refractivity contribution >= 4 is 5.91 Å². The van der Waals surface area contributed by atoms with Crippen molar-refractivity contribution in [3.8, 4) is 0 Å². The number of nitrogens with zero attached hydrogens (tertiary/aromatic N) is 2. The molecule has 0 aliphatic carbocycles. The summed E-state index contributed by atoms with van der Waals surface area (Å²) in [6.45, 7) is 3.67. The van der Waals surface area contributed by atoms with E-state index < -0.39 is 0 Å². The second-order valence-electron chi connectivity index (χ2n) is 5.97. The summed E-state index contributed by atoms with van der Waals surface area (Å²) in [5.41, 5.74) is 3.85. The number of hydrogen-bond acceptors (Lipinski definition) is 3. The number of nitrogens with one attached hydrogen (secondary N) is 1. The van der Waals surface area contributed by atoms with E-state index in [-0.39, 0.29) is 5.91 Å². The highest BCUT2D eigenvalue weighted by Crippen LogP contribution is 2.17. The number of rotatable bonds is 6. The molecule has 2 heterocycles. The van der Waals surface area contributed by atoms with Crippen molar-refractivity contribution in [2.45, 2.75) is 25.8 Å². The topological polar surface area (TPSA) is 45.2 Å². The molecule has 120 valence electrons. The maximum Gasteiger partial charge on any atom is 0.220 e. The van der Waals surface area contributed by atoms with Crippen LogP contribution >= 0.6 is 0 Å². The molecule has 2 aromatic rings. The average Bonchev–Trinajstić information content (AvgIpc) is 2.61. The van der Waals surface area contributed by atoms with E-state index in [0.29, 0.717) is 19.4 Å². The third-order valence-corrected chi connectivity index (χ3v) is 4.29. The minimum Gasteiger partial charge on any atom is -0.355 e. The number of aryl methyl sites for hydroxylation is 1. The minimum absolute atomic E-state index is 0.105. The van der Waals surface area contributed by atoms with Crippen LogP contribution in [0, 0.1) is 0 Å². The van der Waals surface area contributed by atoms with Gasteiger partial charge in [-0.1, -0.05) is 30.3 Å². The smallest absolute Gasteiger partial charge is 0.220 e. The second kappa shape index (κ2) is 7.88. The molecule has 1 aromatic heterocycles. The molecule has 1 aliphatic rings. The van der Waals surface area contributed by atoms with E-state index in [4.69, 9.17) is 0 Å². The van der Waals surface area contributed by atoms with Gasteiger partial charge in [0.15, 0.2) is 0 Å². The fraction of sp³-hybridized carbons (Fsp3) is 0.368. The van der Waals surface area contributed by atoms with E-state index in [1.54, 1.807) is 6.20 Å². The first-order valence-electron chi connectivity index (χ1n) is 8.27. The average molecular weight is 309 g/mol. The van der Waals surface area contributed by atoms with Gasteiger partial charge >= 0.3 is 0 Å². The van der Waals surface area contributed by atoms with Crippen LogP contribution < -0.4 is 5.32 Å². The number of amides is 1. The maximum absolute atomic E-state index is 11.9. The summed E-state index contributed by atoms with van der Waals surface area (Å²) in [4.78, 5) is 18.5. The van der Waals surface area contributed by atoms with E-state index in [1.807, 2.05) is 18.2 Å². The summed E-state index contributed by atoms with van der Waals surface area (Å²) in [6.07, 6.45) is 4.06. The highest BCUT2D eigenvalue weighted by Gasteiger charge is 2.15. The zero-order valence-electron chi connectivity index (χ0n) is 13.4. The molecule has 0 fully saturated rings. The van der Waals surface area contributed by atoms with Crippen molar-refractivity contribution in [1.82, 2.24) is 15.2 Å². The summed E-state index contributed by atoms with van der Waals surface area (Å²) in [7, 11) is 0. The standard InChI is InChI=1S/C19H23N3O/c23-19(9-8-18-7-3-4-11-20-18)21-12-14-22-13-10-16-5-1-2-6-17(16)15-22/h1-7,11H,8-10,12-15H2,(H,21,23). The Kier molecular flexibility index (Phi) is 5.37. The van der Waals surface area contributed by atoms with Gasteiger partial charge in [-0.3, -0.25) is 14.7 Å². The van der Waals surface area contributed by atoms with Gasteiger partial charge in [0.05, 0.1) is 0 Å². The van der Waals surface area contributed by atoms with Gasteiger partial charge in [-0.2, -0.15) is 0 Å². The van der Waals surface area contributed by atoms with Crippen LogP contribution in [0.15, 0.2) is 48.7 Å². The van der Waals surface area contributed by atoms with E-state index in [0.717, 1.165) is 31.7 Å². The van der Waals surface area contributed by atoms with Gasteiger partial charge in [-0.05, 0) is 36.1 Å². The molecule has 1 aromatic carbocycles. The van der Waals surface area contributed by atoms with Crippen molar-refractivity contribution in [3.63, 3.8) is 0 Å². The summed E-state index contributed by atoms with van der Waals surface area (Å²) in [5.74, 6) is 0.105. The third-order valence-electron chi connectivity index (χ3n) is 4.29. The van der Waals surface area contributed by atoms with E-state index in [1.165, 1.54) is 11.1 Å². The molecule has 0 bridgehead atoms. The van der Waals surface area contributed by atoms with Gasteiger partial charge < -0.3 is 5.32 Å². The predicted molar refractivity (Wildman–Crippen MR) is 91.0 cm³/mol. The van der Waals surface area contributed by atoms with Crippen LogP contribution in [0.1, 0.15) is 23.2 Å². The van der Waals surface area contributed by atoms with Crippen LogP contribution in [0.2, 0.25) is 0 Å². The molecule has 0 saturated heterocycles. The Labute approximate surface area is 137 Å². The summed E-state index contributed by atoms with van der Waals surface area (Å²) < 4.78 is 0. The molecule has 0 unspecified atom stereocenters. The predicted octanol–water partition coefficient (Wildman–Crippen LogP) is 2.19. The van der Waals surface area contributed by atoms with Gasteiger partial charge in [0.1, 0.15) is 0 Å². The van der Waals surface area contributed by atoms with Crippen LogP contribution in [0.4, 0.5) is 0 Å². The van der Waals surface area contributed by atoms with E-state index in [2.05, 4.69) is 39.5 Å². The summed E-state index contributed by atoms with van der Waals surface area (Å²) in [6, 6.07) is 14.4. The first kappa shape index (κ1) is 15.7. The van der Waals surface area contributed by atoms with E-state index >= 15 is 0 Å². The lowest BCUT2D eigenvalue weighted by Crippen LogP contribution is -2.37. The van der Waals surface area contributed by atoms with Crippen molar-refractivity contribution < 1.29 is 4.79 Å². The Morgan fingerprint density at radius 2 is 1.96 bits per heavy atom. The van der Waals surface area contributed by atoms with Gasteiger partial charge in [0, 0.05) is 44.5 Å². The van der Waals surface area contributed by atoms with Gasteiger partial charge in [-0.15, -0.1) is 0 Å². The van der Waals surface area contributed by atoms with Gasteiger partial charge in [0.25, 0.3) is 0 Å². The molecule has 4 heteroatoms. The number of hydrogen-bond donors (Lipinski definition) is 1. The number of pyridine rings is 1. The molecular formula is C19H23N3O. The Morgan fingerprint density at radius 3 is 2.78 bits per heavy atom. The van der Waals surface area contributed by atoms with Crippen molar-refractivity contribution in [3.05, 3.63) is 65.5 Å². The fourth-order valence-electron chi connectivity index (χ4n) is 2.97. The highest BCUT2D eigenvalue weighted by molar-refractivity contribution is 5.76. The van der Waals surface area contributed by atoms with Crippen LogP contribution in [0.25, 0.3) is 0 Å². The van der Waals surface area contributed by atoms with Crippen LogP contribution in [0.5, 0.6) is 0 Å². The lowest BCUT2D eigenvalue weighted by atomic mass is 10.00.